The Labute approximate surface area is 92.0 Å². The van der Waals surface area contributed by atoms with Crippen LogP contribution in [0.1, 0.15) is 22.8 Å². The van der Waals surface area contributed by atoms with Gasteiger partial charge in [0.2, 0.25) is 0 Å². The molecule has 0 radical (unpaired) electrons. The van der Waals surface area contributed by atoms with Gasteiger partial charge in [0.1, 0.15) is 11.4 Å². The first-order chi connectivity index (χ1) is 7.64. The lowest BCUT2D eigenvalue weighted by Gasteiger charge is -2.08. The number of ketones is 1. The molecule has 0 aromatic heterocycles. The molecule has 0 amide bonds. The van der Waals surface area contributed by atoms with Gasteiger partial charge >= 0.3 is 6.18 Å². The summed E-state index contributed by atoms with van der Waals surface area (Å²) in [5.41, 5.74) is -3.81. The van der Waals surface area contributed by atoms with E-state index < -0.39 is 39.5 Å². The molecule has 0 heterocycles. The highest BCUT2D eigenvalue weighted by molar-refractivity contribution is 5.95. The Kier molecular flexibility index (Phi) is 3.16. The summed E-state index contributed by atoms with van der Waals surface area (Å²) in [5.74, 6) is -2.32. The molecule has 0 saturated heterocycles. The van der Waals surface area contributed by atoms with Gasteiger partial charge in [0.05, 0.1) is 10.5 Å². The van der Waals surface area contributed by atoms with Crippen LogP contribution in [0, 0.1) is 15.9 Å². The van der Waals surface area contributed by atoms with Gasteiger partial charge in [-0.15, -0.1) is 0 Å². The Morgan fingerprint density at radius 1 is 1.35 bits per heavy atom. The van der Waals surface area contributed by atoms with E-state index >= 15 is 0 Å². The molecule has 4 nitrogen and oxygen atoms in total. The fraction of sp³-hybridized carbons (Fsp3) is 0.222. The molecule has 0 unspecified atom stereocenters. The third-order valence-corrected chi connectivity index (χ3v) is 1.97. The Bertz CT molecular complexity index is 496. The zero-order valence-corrected chi connectivity index (χ0v) is 8.34. The average molecular weight is 251 g/mol. The lowest BCUT2D eigenvalue weighted by atomic mass is 10.1. The molecule has 0 atom stereocenters. The van der Waals surface area contributed by atoms with Crippen molar-refractivity contribution >= 4 is 11.5 Å². The number of benzene rings is 1. The van der Waals surface area contributed by atoms with Crippen molar-refractivity contribution in [3.8, 4) is 0 Å². The Morgan fingerprint density at radius 2 is 1.88 bits per heavy atom. The summed E-state index contributed by atoms with van der Waals surface area (Å²) in [7, 11) is 0. The van der Waals surface area contributed by atoms with Gasteiger partial charge in [-0.05, 0) is 13.0 Å². The van der Waals surface area contributed by atoms with Crippen LogP contribution >= 0.6 is 0 Å². The zero-order valence-electron chi connectivity index (χ0n) is 8.34. The number of nitro groups is 1. The second-order valence-electron chi connectivity index (χ2n) is 3.16. The van der Waals surface area contributed by atoms with E-state index in [9.17, 15) is 32.5 Å². The molecule has 92 valence electrons. The molecule has 0 fully saturated rings. The minimum absolute atomic E-state index is 0.0468. The second kappa shape index (κ2) is 4.11. The van der Waals surface area contributed by atoms with Crippen molar-refractivity contribution < 1.29 is 27.3 Å². The van der Waals surface area contributed by atoms with Crippen LogP contribution in [0.3, 0.4) is 0 Å². The highest BCUT2D eigenvalue weighted by Crippen LogP contribution is 2.37. The molecule has 0 aliphatic carbocycles. The third-order valence-electron chi connectivity index (χ3n) is 1.97. The van der Waals surface area contributed by atoms with Crippen molar-refractivity contribution in [2.45, 2.75) is 13.1 Å². The first kappa shape index (κ1) is 13.1. The van der Waals surface area contributed by atoms with E-state index in [1.54, 1.807) is 0 Å². The van der Waals surface area contributed by atoms with Gasteiger partial charge in [-0.1, -0.05) is 0 Å². The number of nitrogens with zero attached hydrogens (tertiary/aromatic N) is 1. The highest BCUT2D eigenvalue weighted by Gasteiger charge is 2.39. The van der Waals surface area contributed by atoms with Gasteiger partial charge in [-0.2, -0.15) is 13.2 Å². The van der Waals surface area contributed by atoms with Crippen LogP contribution in [-0.4, -0.2) is 10.7 Å². The molecule has 1 rings (SSSR count). The van der Waals surface area contributed by atoms with Crippen molar-refractivity contribution in [2.24, 2.45) is 0 Å². The van der Waals surface area contributed by atoms with E-state index in [4.69, 9.17) is 0 Å². The Balaban J connectivity index is 3.58. The fourth-order valence-electron chi connectivity index (χ4n) is 1.21. The summed E-state index contributed by atoms with van der Waals surface area (Å²) in [6.45, 7) is 0.898. The van der Waals surface area contributed by atoms with E-state index in [1.165, 1.54) is 0 Å². The molecule has 0 spiro atoms. The predicted octanol–water partition coefficient (Wildman–Crippen LogP) is 2.96. The second-order valence-corrected chi connectivity index (χ2v) is 3.16. The van der Waals surface area contributed by atoms with Crippen LogP contribution < -0.4 is 0 Å². The summed E-state index contributed by atoms with van der Waals surface area (Å²) in [6.07, 6.45) is -5.06. The molecule has 1 aromatic carbocycles. The number of halogens is 4. The van der Waals surface area contributed by atoms with Gasteiger partial charge in [-0.25, -0.2) is 4.39 Å². The smallest absolute Gasteiger partial charge is 0.294 e. The highest BCUT2D eigenvalue weighted by atomic mass is 19.4. The molecule has 1 aromatic rings. The third kappa shape index (κ3) is 2.58. The number of Topliss-reactive ketones (excluding diaryl/α,β-unsaturated/α-hetero) is 1. The van der Waals surface area contributed by atoms with Crippen molar-refractivity contribution in [3.05, 3.63) is 39.2 Å². The SMILES string of the molecule is CC(=O)c1cc([N+](=O)[O-])c(C(F)(F)F)cc1F. The number of alkyl halides is 3. The van der Waals surface area contributed by atoms with Crippen molar-refractivity contribution in [1.29, 1.82) is 0 Å². The van der Waals surface area contributed by atoms with Gasteiger partial charge in [0.25, 0.3) is 5.69 Å². The lowest BCUT2D eigenvalue weighted by molar-refractivity contribution is -0.388. The standard InChI is InChI=1S/C9H5F4NO3/c1-4(15)5-2-8(14(16)17)6(3-7(5)10)9(11,12)13/h2-3H,1H3. The fourth-order valence-corrected chi connectivity index (χ4v) is 1.21. The Hall–Kier alpha value is -1.99. The molecular formula is C9H5F4NO3. The molecule has 0 aliphatic heterocycles. The summed E-state index contributed by atoms with van der Waals surface area (Å²) in [5, 5.41) is 10.4. The van der Waals surface area contributed by atoms with Crippen LogP contribution in [0.5, 0.6) is 0 Å². The number of rotatable bonds is 2. The van der Waals surface area contributed by atoms with E-state index in [0.29, 0.717) is 6.07 Å². The molecule has 0 N–H and O–H groups in total. The molecule has 0 aliphatic rings. The number of carbonyl (C=O) groups excluding carboxylic acids is 1. The van der Waals surface area contributed by atoms with Gasteiger partial charge in [0.15, 0.2) is 5.78 Å². The maximum atomic E-state index is 13.1. The largest absolute Gasteiger partial charge is 0.423 e. The van der Waals surface area contributed by atoms with Crippen LogP contribution in [-0.2, 0) is 6.18 Å². The van der Waals surface area contributed by atoms with Gasteiger partial charge in [-0.3, -0.25) is 14.9 Å². The molecule has 8 heteroatoms. The normalized spacial score (nSPS) is 11.4. The number of hydrogen-bond acceptors (Lipinski definition) is 3. The van der Waals surface area contributed by atoms with Crippen molar-refractivity contribution in [2.75, 3.05) is 0 Å². The summed E-state index contributed by atoms with van der Waals surface area (Å²) in [6, 6.07) is 0.245. The monoisotopic (exact) mass is 251 g/mol. The predicted molar refractivity (Wildman–Crippen MR) is 48.1 cm³/mol. The number of hydrogen-bond donors (Lipinski definition) is 0. The number of nitro benzene ring substituents is 1. The average Bonchev–Trinajstić information content (AvgIpc) is 2.14. The summed E-state index contributed by atoms with van der Waals surface area (Å²) in [4.78, 5) is 20.0. The lowest BCUT2D eigenvalue weighted by Crippen LogP contribution is -2.11. The minimum Gasteiger partial charge on any atom is -0.294 e. The molecule has 17 heavy (non-hydrogen) atoms. The van der Waals surface area contributed by atoms with E-state index in [-0.39, 0.29) is 6.07 Å². The molecule has 0 bridgehead atoms. The first-order valence-electron chi connectivity index (χ1n) is 4.20. The summed E-state index contributed by atoms with van der Waals surface area (Å²) < 4.78 is 50.2. The van der Waals surface area contributed by atoms with E-state index in [1.807, 2.05) is 0 Å². The van der Waals surface area contributed by atoms with Crippen LogP contribution in [0.2, 0.25) is 0 Å². The van der Waals surface area contributed by atoms with Crippen LogP contribution in [0.15, 0.2) is 12.1 Å². The quantitative estimate of drug-likeness (QED) is 0.351. The van der Waals surface area contributed by atoms with E-state index in [0.717, 1.165) is 6.92 Å². The van der Waals surface area contributed by atoms with Gasteiger partial charge in [0, 0.05) is 6.07 Å². The zero-order chi connectivity index (χ0) is 13.4. The number of carbonyl (C=O) groups is 1. The molecular weight excluding hydrogens is 246 g/mol. The van der Waals surface area contributed by atoms with Crippen LogP contribution in [0.4, 0.5) is 23.2 Å². The minimum atomic E-state index is -5.06. The topological polar surface area (TPSA) is 60.2 Å². The molecule has 0 saturated carbocycles. The summed E-state index contributed by atoms with van der Waals surface area (Å²) >= 11 is 0. The van der Waals surface area contributed by atoms with Crippen molar-refractivity contribution in [3.63, 3.8) is 0 Å². The maximum absolute atomic E-state index is 13.1. The van der Waals surface area contributed by atoms with Gasteiger partial charge < -0.3 is 0 Å². The van der Waals surface area contributed by atoms with Crippen LogP contribution in [0.25, 0.3) is 0 Å². The Morgan fingerprint density at radius 3 is 2.24 bits per heavy atom. The first-order valence-corrected chi connectivity index (χ1v) is 4.20. The van der Waals surface area contributed by atoms with E-state index in [2.05, 4.69) is 0 Å². The maximum Gasteiger partial charge on any atom is 0.423 e. The van der Waals surface area contributed by atoms with Crippen molar-refractivity contribution in [1.82, 2.24) is 0 Å².